The van der Waals surface area contributed by atoms with Crippen LogP contribution < -0.4 is 5.32 Å². The van der Waals surface area contributed by atoms with Crippen molar-refractivity contribution in [3.8, 4) is 0 Å². The summed E-state index contributed by atoms with van der Waals surface area (Å²) in [5, 5.41) is 3.95. The smallest absolute Gasteiger partial charge is 0.0473 e. The van der Waals surface area contributed by atoms with Crippen molar-refractivity contribution in [1.82, 2.24) is 10.2 Å². The van der Waals surface area contributed by atoms with E-state index in [-0.39, 0.29) is 0 Å². The first-order valence-electron chi connectivity index (χ1n) is 8.87. The molecule has 2 heteroatoms. The Morgan fingerprint density at radius 3 is 2.62 bits per heavy atom. The van der Waals surface area contributed by atoms with E-state index in [4.69, 9.17) is 0 Å². The molecule has 1 saturated heterocycles. The van der Waals surface area contributed by atoms with Crippen LogP contribution in [0.15, 0.2) is 30.3 Å². The molecule has 1 saturated carbocycles. The van der Waals surface area contributed by atoms with Crippen LogP contribution in [0.1, 0.15) is 63.5 Å². The minimum Gasteiger partial charge on any atom is -0.308 e. The van der Waals surface area contributed by atoms with E-state index in [1.165, 1.54) is 63.6 Å². The van der Waals surface area contributed by atoms with Crippen LogP contribution in [0.2, 0.25) is 0 Å². The van der Waals surface area contributed by atoms with Crippen LogP contribution in [0.5, 0.6) is 0 Å². The molecule has 1 atom stereocenters. The Morgan fingerprint density at radius 1 is 1.14 bits per heavy atom. The highest BCUT2D eigenvalue weighted by atomic mass is 15.3. The first kappa shape index (κ1) is 15.1. The average Bonchev–Trinajstić information content (AvgIpc) is 2.55. The van der Waals surface area contributed by atoms with Crippen molar-refractivity contribution in [2.24, 2.45) is 0 Å². The van der Waals surface area contributed by atoms with Crippen LogP contribution in [0.25, 0.3) is 0 Å². The zero-order valence-electron chi connectivity index (χ0n) is 13.5. The van der Waals surface area contributed by atoms with Gasteiger partial charge in [-0.05, 0) is 31.4 Å². The van der Waals surface area contributed by atoms with Gasteiger partial charge in [-0.25, -0.2) is 0 Å². The Kier molecular flexibility index (Phi) is 4.97. The van der Waals surface area contributed by atoms with Crippen LogP contribution in [0.3, 0.4) is 0 Å². The summed E-state index contributed by atoms with van der Waals surface area (Å²) in [5.74, 6) is 0. The SMILES string of the molecule is CCCCN1CC2(CCCCC2)NCC1c1ccccc1. The highest BCUT2D eigenvalue weighted by Gasteiger charge is 2.39. The predicted octanol–water partition coefficient (Wildman–Crippen LogP) is 4.14. The molecule has 3 rings (SSSR count). The molecule has 2 nitrogen and oxygen atoms in total. The lowest BCUT2D eigenvalue weighted by Crippen LogP contribution is -2.62. The summed E-state index contributed by atoms with van der Waals surface area (Å²) in [6.07, 6.45) is 9.60. The van der Waals surface area contributed by atoms with Gasteiger partial charge in [0, 0.05) is 24.7 Å². The summed E-state index contributed by atoms with van der Waals surface area (Å²) in [6.45, 7) is 5.91. The molecular weight excluding hydrogens is 256 g/mol. The van der Waals surface area contributed by atoms with Gasteiger partial charge in [0.05, 0.1) is 0 Å². The molecule has 1 N–H and O–H groups in total. The van der Waals surface area contributed by atoms with E-state index in [1.54, 1.807) is 0 Å². The Labute approximate surface area is 129 Å². The zero-order chi connectivity index (χ0) is 14.5. The van der Waals surface area contributed by atoms with Gasteiger partial charge >= 0.3 is 0 Å². The molecule has 1 unspecified atom stereocenters. The first-order chi connectivity index (χ1) is 10.3. The van der Waals surface area contributed by atoms with Crippen molar-refractivity contribution in [2.75, 3.05) is 19.6 Å². The molecule has 1 spiro atoms. The fourth-order valence-electron chi connectivity index (χ4n) is 4.16. The second-order valence-electron chi connectivity index (χ2n) is 6.97. The Balaban J connectivity index is 1.75. The second kappa shape index (κ2) is 6.93. The number of rotatable bonds is 4. The quantitative estimate of drug-likeness (QED) is 0.895. The molecule has 0 radical (unpaired) electrons. The number of hydrogen-bond donors (Lipinski definition) is 1. The number of piperazine rings is 1. The van der Waals surface area contributed by atoms with E-state index in [0.717, 1.165) is 6.54 Å². The fraction of sp³-hybridized carbons (Fsp3) is 0.684. The molecule has 1 heterocycles. The minimum absolute atomic E-state index is 0.414. The van der Waals surface area contributed by atoms with E-state index in [9.17, 15) is 0 Å². The Bertz CT molecular complexity index is 422. The van der Waals surface area contributed by atoms with Crippen LogP contribution >= 0.6 is 0 Å². The molecule has 1 aliphatic heterocycles. The van der Waals surface area contributed by atoms with Gasteiger partial charge in [-0.3, -0.25) is 4.90 Å². The average molecular weight is 286 g/mol. The summed E-state index contributed by atoms with van der Waals surface area (Å²) in [7, 11) is 0. The van der Waals surface area contributed by atoms with E-state index in [2.05, 4.69) is 47.5 Å². The molecule has 2 fully saturated rings. The molecule has 116 valence electrons. The van der Waals surface area contributed by atoms with Gasteiger partial charge in [0.15, 0.2) is 0 Å². The lowest BCUT2D eigenvalue weighted by atomic mass is 9.79. The van der Waals surface area contributed by atoms with Crippen molar-refractivity contribution < 1.29 is 0 Å². The monoisotopic (exact) mass is 286 g/mol. The third-order valence-corrected chi connectivity index (χ3v) is 5.41. The largest absolute Gasteiger partial charge is 0.308 e. The molecular formula is C19H30N2. The standard InChI is InChI=1S/C19H30N2/c1-2-3-14-21-16-19(12-8-5-9-13-19)20-15-18(21)17-10-6-4-7-11-17/h4,6-7,10-11,18,20H,2-3,5,8-9,12-16H2,1H3. The third kappa shape index (κ3) is 3.49. The van der Waals surface area contributed by atoms with Gasteiger partial charge < -0.3 is 5.32 Å². The van der Waals surface area contributed by atoms with E-state index < -0.39 is 0 Å². The van der Waals surface area contributed by atoms with Crippen LogP contribution in [-0.2, 0) is 0 Å². The van der Waals surface area contributed by atoms with E-state index in [0.29, 0.717) is 11.6 Å². The predicted molar refractivity (Wildman–Crippen MR) is 89.5 cm³/mol. The minimum atomic E-state index is 0.414. The summed E-state index contributed by atoms with van der Waals surface area (Å²) >= 11 is 0. The van der Waals surface area contributed by atoms with Crippen molar-refractivity contribution in [2.45, 2.75) is 63.5 Å². The maximum Gasteiger partial charge on any atom is 0.0473 e. The van der Waals surface area contributed by atoms with Crippen molar-refractivity contribution in [1.29, 1.82) is 0 Å². The molecule has 0 amide bonds. The molecule has 0 aromatic heterocycles. The van der Waals surface area contributed by atoms with Gasteiger partial charge in [-0.2, -0.15) is 0 Å². The normalized spacial score (nSPS) is 26.0. The molecule has 2 aliphatic rings. The maximum absolute atomic E-state index is 3.95. The molecule has 1 aromatic carbocycles. The third-order valence-electron chi connectivity index (χ3n) is 5.41. The highest BCUT2D eigenvalue weighted by Crippen LogP contribution is 2.35. The number of benzene rings is 1. The summed E-state index contributed by atoms with van der Waals surface area (Å²) in [6, 6.07) is 11.6. The lowest BCUT2D eigenvalue weighted by molar-refractivity contribution is 0.0542. The van der Waals surface area contributed by atoms with Gasteiger partial charge in [-0.1, -0.05) is 62.9 Å². The topological polar surface area (TPSA) is 15.3 Å². The number of nitrogens with zero attached hydrogens (tertiary/aromatic N) is 1. The summed E-state index contributed by atoms with van der Waals surface area (Å²) in [4.78, 5) is 2.76. The van der Waals surface area contributed by atoms with Gasteiger partial charge in [0.1, 0.15) is 0 Å². The summed E-state index contributed by atoms with van der Waals surface area (Å²) < 4.78 is 0. The van der Waals surface area contributed by atoms with Gasteiger partial charge in [0.25, 0.3) is 0 Å². The molecule has 0 bridgehead atoms. The Hall–Kier alpha value is -0.860. The molecule has 1 aliphatic carbocycles. The number of hydrogen-bond acceptors (Lipinski definition) is 2. The first-order valence-corrected chi connectivity index (χ1v) is 8.87. The van der Waals surface area contributed by atoms with Crippen LogP contribution in [0.4, 0.5) is 0 Å². The van der Waals surface area contributed by atoms with Crippen LogP contribution in [0, 0.1) is 0 Å². The fourth-order valence-corrected chi connectivity index (χ4v) is 4.16. The molecule has 21 heavy (non-hydrogen) atoms. The molecule has 1 aromatic rings. The van der Waals surface area contributed by atoms with Gasteiger partial charge in [0.2, 0.25) is 0 Å². The zero-order valence-corrected chi connectivity index (χ0v) is 13.5. The lowest BCUT2D eigenvalue weighted by Gasteiger charge is -2.50. The van der Waals surface area contributed by atoms with E-state index >= 15 is 0 Å². The maximum atomic E-state index is 3.95. The van der Waals surface area contributed by atoms with E-state index in [1.807, 2.05) is 0 Å². The van der Waals surface area contributed by atoms with Crippen molar-refractivity contribution in [3.63, 3.8) is 0 Å². The second-order valence-corrected chi connectivity index (χ2v) is 6.97. The number of nitrogens with one attached hydrogen (secondary N) is 1. The van der Waals surface area contributed by atoms with Crippen molar-refractivity contribution in [3.05, 3.63) is 35.9 Å². The van der Waals surface area contributed by atoms with Gasteiger partial charge in [-0.15, -0.1) is 0 Å². The van der Waals surface area contributed by atoms with Crippen LogP contribution in [-0.4, -0.2) is 30.1 Å². The highest BCUT2D eigenvalue weighted by molar-refractivity contribution is 5.21. The van der Waals surface area contributed by atoms with Crippen molar-refractivity contribution >= 4 is 0 Å². The summed E-state index contributed by atoms with van der Waals surface area (Å²) in [5.41, 5.74) is 1.89. The number of unbranched alkanes of at least 4 members (excludes halogenated alkanes) is 1. The Morgan fingerprint density at radius 2 is 1.90 bits per heavy atom.